The average Bonchev–Trinajstić information content (AvgIpc) is 3.41. The van der Waals surface area contributed by atoms with Crippen LogP contribution in [0.15, 0.2) is 24.3 Å². The Hall–Kier alpha value is -1.92. The third kappa shape index (κ3) is 29.0. The Bertz CT molecular complexity index is 1190. The molecule has 0 saturated heterocycles. The highest BCUT2D eigenvalue weighted by molar-refractivity contribution is 7.45. The van der Waals surface area contributed by atoms with Gasteiger partial charge in [0.15, 0.2) is 6.10 Å². The normalized spacial score (nSPS) is 19.6. The second kappa shape index (κ2) is 31.9. The van der Waals surface area contributed by atoms with Gasteiger partial charge in [-0.25, -0.2) is 0 Å². The Balaban J connectivity index is 2.53. The number of carbonyl (C=O) groups excluding carboxylic acids is 3. The number of hydrogen-bond acceptors (Lipinski definition) is 11. The molecule has 0 spiro atoms. The second-order valence-electron chi connectivity index (χ2n) is 16.9. The van der Waals surface area contributed by atoms with Crippen molar-refractivity contribution < 1.29 is 57.1 Å². The zero-order chi connectivity index (χ0) is 42.4. The van der Waals surface area contributed by atoms with E-state index in [1.807, 2.05) is 33.3 Å². The lowest BCUT2D eigenvalue weighted by atomic mass is 9.90. The monoisotopic (exact) mass is 830 g/mol. The maximum Gasteiger partial charge on any atom is 0.306 e. The van der Waals surface area contributed by atoms with Crippen LogP contribution in [0.1, 0.15) is 162 Å². The first-order valence-corrected chi connectivity index (χ1v) is 23.6. The molecule has 6 atom stereocenters. The van der Waals surface area contributed by atoms with Gasteiger partial charge in [0, 0.05) is 31.1 Å². The number of allylic oxidation sites excluding steroid dienone is 3. The number of phosphoric ester groups is 1. The molecule has 57 heavy (non-hydrogen) atoms. The third-order valence-electron chi connectivity index (χ3n) is 10.4. The highest BCUT2D eigenvalue weighted by atomic mass is 31.2. The van der Waals surface area contributed by atoms with Crippen molar-refractivity contribution in [3.63, 3.8) is 0 Å². The summed E-state index contributed by atoms with van der Waals surface area (Å²) in [6.07, 6.45) is 25.7. The number of unbranched alkanes of at least 4 members (excludes halogenated alkanes) is 15. The quantitative estimate of drug-likeness (QED) is 0.0205. The van der Waals surface area contributed by atoms with Crippen molar-refractivity contribution >= 4 is 25.5 Å². The topological polar surface area (TPSA) is 169 Å². The number of aliphatic hydroxyl groups excluding tert-OH is 2. The van der Waals surface area contributed by atoms with Gasteiger partial charge in [0.2, 0.25) is 0 Å². The molecule has 0 bridgehead atoms. The van der Waals surface area contributed by atoms with Crippen LogP contribution in [-0.2, 0) is 37.5 Å². The minimum absolute atomic E-state index is 0.0338. The molecule has 332 valence electrons. The molecule has 0 heterocycles. The van der Waals surface area contributed by atoms with Crippen LogP contribution in [0.25, 0.3) is 0 Å². The zero-order valence-electron chi connectivity index (χ0n) is 36.3. The van der Waals surface area contributed by atoms with E-state index in [0.29, 0.717) is 43.1 Å². The fourth-order valence-corrected chi connectivity index (χ4v) is 7.48. The molecule has 0 amide bonds. The van der Waals surface area contributed by atoms with Gasteiger partial charge in [-0.05, 0) is 32.1 Å². The molecule has 1 aliphatic carbocycles. The van der Waals surface area contributed by atoms with Gasteiger partial charge in [0.1, 0.15) is 25.5 Å². The van der Waals surface area contributed by atoms with Crippen molar-refractivity contribution in [2.75, 3.05) is 47.5 Å². The number of quaternary nitrogens is 1. The van der Waals surface area contributed by atoms with Crippen LogP contribution in [0.4, 0.5) is 0 Å². The number of hydrogen-bond donors (Lipinski definition) is 2. The molecule has 0 aromatic carbocycles. The first-order chi connectivity index (χ1) is 27.2. The van der Waals surface area contributed by atoms with E-state index in [1.165, 1.54) is 57.8 Å². The average molecular weight is 830 g/mol. The lowest BCUT2D eigenvalue weighted by Gasteiger charge is -2.28. The predicted molar refractivity (Wildman–Crippen MR) is 223 cm³/mol. The lowest BCUT2D eigenvalue weighted by molar-refractivity contribution is -0.870. The van der Waals surface area contributed by atoms with E-state index >= 15 is 0 Å². The van der Waals surface area contributed by atoms with Crippen molar-refractivity contribution in [3.05, 3.63) is 24.3 Å². The largest absolute Gasteiger partial charge is 0.756 e. The Morgan fingerprint density at radius 1 is 0.825 bits per heavy atom. The fourth-order valence-electron chi connectivity index (χ4n) is 6.75. The zero-order valence-corrected chi connectivity index (χ0v) is 37.1. The maximum absolute atomic E-state index is 12.8. The number of phosphoric acid groups is 1. The standard InChI is InChI=1S/C44H80NO11P/c1-6-8-10-11-12-13-14-15-16-17-18-19-24-28-43(49)53-35-38(36-55-57(51,52)54-33-32-45(3,4)5)56-44(50)29-25-21-20-23-27-39-40(42(48)34-41(39)47)31-30-37(46)26-22-9-7-2/h20,23,30-31,37-41,46-47H,6-19,21-22,24-29,32-36H2,1-5H3/b23-20-,31-30+/t37-,38+,39+,40+,41-/m0/s1. The first-order valence-electron chi connectivity index (χ1n) is 22.1. The summed E-state index contributed by atoms with van der Waals surface area (Å²) >= 11 is 0. The van der Waals surface area contributed by atoms with E-state index in [2.05, 4.69) is 13.8 Å². The van der Waals surface area contributed by atoms with E-state index in [9.17, 15) is 34.1 Å². The van der Waals surface area contributed by atoms with Gasteiger partial charge in [-0.15, -0.1) is 0 Å². The SMILES string of the molecule is CCCCCCCCCCCCCCCC(=O)OC[C@H](COP(=O)([O-])OCC[N+](C)(C)C)OC(=O)CCC/C=C\C[C@H]1[C@@H](O)CC(=O)[C@@H]1/C=C/[C@@H](O)CCCCC. The minimum Gasteiger partial charge on any atom is -0.756 e. The number of Topliss-reactive ketones (excluding diaryl/α,β-unsaturated/α-hetero) is 1. The van der Waals surface area contributed by atoms with Crippen LogP contribution in [-0.4, -0.2) is 98.2 Å². The van der Waals surface area contributed by atoms with Crippen LogP contribution >= 0.6 is 7.82 Å². The van der Waals surface area contributed by atoms with Crippen LogP contribution in [0.5, 0.6) is 0 Å². The summed E-state index contributed by atoms with van der Waals surface area (Å²) in [6.45, 7) is 3.81. The minimum atomic E-state index is -4.70. The summed E-state index contributed by atoms with van der Waals surface area (Å²) in [5.74, 6) is -1.79. The maximum atomic E-state index is 12.8. The van der Waals surface area contributed by atoms with Gasteiger partial charge in [-0.1, -0.05) is 134 Å². The smallest absolute Gasteiger partial charge is 0.306 e. The Morgan fingerprint density at radius 3 is 2.02 bits per heavy atom. The molecule has 1 aliphatic rings. The molecule has 1 fully saturated rings. The number of rotatable bonds is 36. The number of nitrogens with zero attached hydrogens (tertiary/aromatic N) is 1. The Labute approximate surface area is 345 Å². The van der Waals surface area contributed by atoms with Crippen molar-refractivity contribution in [1.29, 1.82) is 0 Å². The summed E-state index contributed by atoms with van der Waals surface area (Å²) in [7, 11) is 1.01. The summed E-state index contributed by atoms with van der Waals surface area (Å²) in [6, 6.07) is 0. The van der Waals surface area contributed by atoms with Gasteiger partial charge in [-0.2, -0.15) is 0 Å². The van der Waals surface area contributed by atoms with Crippen molar-refractivity contribution in [2.24, 2.45) is 11.8 Å². The summed E-state index contributed by atoms with van der Waals surface area (Å²) < 4.78 is 33.8. The second-order valence-corrected chi connectivity index (χ2v) is 18.3. The highest BCUT2D eigenvalue weighted by Crippen LogP contribution is 2.38. The number of likely N-dealkylation sites (N-methyl/N-ethyl adjacent to an activating group) is 1. The Kier molecular flexibility index (Phi) is 29.7. The van der Waals surface area contributed by atoms with E-state index in [0.717, 1.165) is 38.5 Å². The first kappa shape index (κ1) is 53.1. The van der Waals surface area contributed by atoms with Gasteiger partial charge in [0.05, 0.1) is 40.0 Å². The van der Waals surface area contributed by atoms with Crippen LogP contribution in [0, 0.1) is 11.8 Å². The molecule has 1 rings (SSSR count). The number of ether oxygens (including phenoxy) is 2. The molecule has 1 unspecified atom stereocenters. The van der Waals surface area contributed by atoms with Gasteiger partial charge >= 0.3 is 11.9 Å². The summed E-state index contributed by atoms with van der Waals surface area (Å²) in [4.78, 5) is 50.2. The Morgan fingerprint density at radius 2 is 1.40 bits per heavy atom. The van der Waals surface area contributed by atoms with Crippen LogP contribution in [0.2, 0.25) is 0 Å². The van der Waals surface area contributed by atoms with E-state index in [-0.39, 0.29) is 44.2 Å². The van der Waals surface area contributed by atoms with Gasteiger partial charge in [0.25, 0.3) is 7.82 Å². The van der Waals surface area contributed by atoms with Gasteiger partial charge in [-0.3, -0.25) is 18.9 Å². The molecule has 13 heteroatoms. The molecule has 12 nitrogen and oxygen atoms in total. The van der Waals surface area contributed by atoms with Crippen LogP contribution < -0.4 is 4.89 Å². The molecule has 0 aliphatic heterocycles. The molecular formula is C44H80NO11P. The number of carbonyl (C=O) groups is 3. The number of ketones is 1. The van der Waals surface area contributed by atoms with Crippen LogP contribution in [0.3, 0.4) is 0 Å². The van der Waals surface area contributed by atoms with E-state index < -0.39 is 50.6 Å². The van der Waals surface area contributed by atoms with Crippen molar-refractivity contribution in [3.8, 4) is 0 Å². The van der Waals surface area contributed by atoms with Gasteiger partial charge < -0.3 is 38.1 Å². The summed E-state index contributed by atoms with van der Waals surface area (Å²) in [5.41, 5.74) is 0. The molecule has 1 saturated carbocycles. The van der Waals surface area contributed by atoms with Crippen molar-refractivity contribution in [2.45, 2.75) is 180 Å². The molecule has 0 radical (unpaired) electrons. The fraction of sp³-hybridized carbons (Fsp3) is 0.841. The number of aliphatic hydroxyl groups is 2. The molecule has 2 N–H and O–H groups in total. The lowest BCUT2D eigenvalue weighted by Crippen LogP contribution is -2.37. The summed E-state index contributed by atoms with van der Waals surface area (Å²) in [5, 5.41) is 20.7. The van der Waals surface area contributed by atoms with E-state index in [4.69, 9.17) is 18.5 Å². The third-order valence-corrected chi connectivity index (χ3v) is 11.3. The molecular weight excluding hydrogens is 749 g/mol. The number of esters is 2. The predicted octanol–water partition coefficient (Wildman–Crippen LogP) is 8.31. The highest BCUT2D eigenvalue weighted by Gasteiger charge is 2.39. The van der Waals surface area contributed by atoms with Crippen molar-refractivity contribution in [1.82, 2.24) is 0 Å². The molecule has 0 aromatic rings. The molecule has 0 aromatic heterocycles. The van der Waals surface area contributed by atoms with E-state index in [1.54, 1.807) is 12.2 Å².